The number of anilines is 2. The normalized spacial score (nSPS) is 23.3. The fourth-order valence-corrected chi connectivity index (χ4v) is 2.77. The molecule has 0 bridgehead atoms. The van der Waals surface area contributed by atoms with Gasteiger partial charge in [0.15, 0.2) is 5.82 Å². The molecule has 0 amide bonds. The van der Waals surface area contributed by atoms with Crippen LogP contribution in [0.5, 0.6) is 0 Å². The summed E-state index contributed by atoms with van der Waals surface area (Å²) in [5, 5.41) is 12.3. The van der Waals surface area contributed by atoms with Gasteiger partial charge in [0.25, 0.3) is 0 Å². The molecule has 5 heteroatoms. The topological polar surface area (TPSA) is 58.3 Å². The van der Waals surface area contributed by atoms with E-state index in [4.69, 9.17) is 5.73 Å². The maximum absolute atomic E-state index is 13.3. The third-order valence-corrected chi connectivity index (χ3v) is 3.95. The minimum absolute atomic E-state index is 0.0576. The maximum atomic E-state index is 13.3. The molecule has 2 unspecified atom stereocenters. The maximum Gasteiger partial charge on any atom is 0.151 e. The van der Waals surface area contributed by atoms with Gasteiger partial charge in [-0.25, -0.2) is 8.78 Å². The van der Waals surface area contributed by atoms with Crippen LogP contribution in [0.4, 0.5) is 20.2 Å². The molecule has 19 heavy (non-hydrogen) atoms. The van der Waals surface area contributed by atoms with Crippen molar-refractivity contribution in [3.05, 3.63) is 23.8 Å². The van der Waals surface area contributed by atoms with E-state index in [9.17, 15) is 13.9 Å². The number of aliphatic hydroxyl groups excluding tert-OH is 1. The molecule has 0 saturated heterocycles. The Balaban J connectivity index is 2.01. The van der Waals surface area contributed by atoms with Crippen molar-refractivity contribution >= 4 is 11.4 Å². The first kappa shape index (κ1) is 14.1. The van der Waals surface area contributed by atoms with E-state index < -0.39 is 11.6 Å². The van der Waals surface area contributed by atoms with E-state index in [1.807, 2.05) is 0 Å². The summed E-state index contributed by atoms with van der Waals surface area (Å²) in [4.78, 5) is 0. The quantitative estimate of drug-likeness (QED) is 0.737. The second-order valence-electron chi connectivity index (χ2n) is 5.22. The molecule has 2 rings (SSSR count). The Bertz CT molecular complexity index is 440. The fraction of sp³-hybridized carbons (Fsp3) is 0.571. The lowest BCUT2D eigenvalue weighted by molar-refractivity contribution is 0.141. The standard InChI is InChI=1S/C14H20F2N2O/c15-11-5-12(16)14(17)13(6-11)18-7-9-3-1-2-4-10(9)8-19/h5-6,9-10,18-19H,1-4,7-8,17H2. The first-order valence-electron chi connectivity index (χ1n) is 6.71. The number of aliphatic hydroxyl groups is 1. The van der Waals surface area contributed by atoms with Crippen molar-refractivity contribution in [2.75, 3.05) is 24.2 Å². The van der Waals surface area contributed by atoms with Crippen molar-refractivity contribution in [2.24, 2.45) is 11.8 Å². The second-order valence-corrected chi connectivity index (χ2v) is 5.22. The molecule has 0 radical (unpaired) electrons. The fourth-order valence-electron chi connectivity index (χ4n) is 2.77. The van der Waals surface area contributed by atoms with E-state index in [1.165, 1.54) is 6.07 Å². The van der Waals surface area contributed by atoms with Gasteiger partial charge in [0, 0.05) is 19.2 Å². The third kappa shape index (κ3) is 3.35. The number of nitrogens with one attached hydrogen (secondary N) is 1. The SMILES string of the molecule is Nc1c(F)cc(F)cc1NCC1CCCCC1CO. The molecule has 2 atom stereocenters. The Morgan fingerprint density at radius 1 is 1.21 bits per heavy atom. The highest BCUT2D eigenvalue weighted by molar-refractivity contribution is 5.66. The van der Waals surface area contributed by atoms with Gasteiger partial charge in [-0.15, -0.1) is 0 Å². The molecule has 1 aromatic carbocycles. The van der Waals surface area contributed by atoms with Crippen LogP contribution in [-0.4, -0.2) is 18.3 Å². The molecule has 3 nitrogen and oxygen atoms in total. The average Bonchev–Trinajstić information content (AvgIpc) is 2.41. The molecular weight excluding hydrogens is 250 g/mol. The number of nitrogen functional groups attached to an aromatic ring is 1. The lowest BCUT2D eigenvalue weighted by Crippen LogP contribution is -2.28. The molecule has 1 aliphatic carbocycles. The summed E-state index contributed by atoms with van der Waals surface area (Å²) in [5.41, 5.74) is 5.81. The number of benzene rings is 1. The Hall–Kier alpha value is -1.36. The van der Waals surface area contributed by atoms with Crippen molar-refractivity contribution in [1.29, 1.82) is 0 Å². The molecule has 1 aromatic rings. The van der Waals surface area contributed by atoms with Crippen molar-refractivity contribution in [1.82, 2.24) is 0 Å². The molecule has 4 N–H and O–H groups in total. The van der Waals surface area contributed by atoms with Gasteiger partial charge in [-0.2, -0.15) is 0 Å². The minimum Gasteiger partial charge on any atom is -0.396 e. The number of hydrogen-bond acceptors (Lipinski definition) is 3. The molecule has 0 aliphatic heterocycles. The van der Waals surface area contributed by atoms with Crippen LogP contribution in [0.2, 0.25) is 0 Å². The molecular formula is C14H20F2N2O. The van der Waals surface area contributed by atoms with Crippen molar-refractivity contribution in [2.45, 2.75) is 25.7 Å². The summed E-state index contributed by atoms with van der Waals surface area (Å²) in [6, 6.07) is 1.98. The van der Waals surface area contributed by atoms with Crippen LogP contribution in [0.1, 0.15) is 25.7 Å². The highest BCUT2D eigenvalue weighted by atomic mass is 19.1. The van der Waals surface area contributed by atoms with E-state index in [-0.39, 0.29) is 18.2 Å². The molecule has 1 saturated carbocycles. The average molecular weight is 270 g/mol. The van der Waals surface area contributed by atoms with Crippen molar-refractivity contribution in [3.63, 3.8) is 0 Å². The molecule has 0 spiro atoms. The smallest absolute Gasteiger partial charge is 0.151 e. The van der Waals surface area contributed by atoms with Gasteiger partial charge in [-0.3, -0.25) is 0 Å². The van der Waals surface area contributed by atoms with E-state index in [2.05, 4.69) is 5.32 Å². The van der Waals surface area contributed by atoms with Crippen LogP contribution < -0.4 is 11.1 Å². The lowest BCUT2D eigenvalue weighted by atomic mass is 9.79. The summed E-state index contributed by atoms with van der Waals surface area (Å²) in [6.45, 7) is 0.748. The summed E-state index contributed by atoms with van der Waals surface area (Å²) >= 11 is 0. The Morgan fingerprint density at radius 2 is 1.89 bits per heavy atom. The molecule has 1 aliphatic rings. The minimum atomic E-state index is -0.746. The van der Waals surface area contributed by atoms with Gasteiger partial charge >= 0.3 is 0 Å². The van der Waals surface area contributed by atoms with Gasteiger partial charge in [0.2, 0.25) is 0 Å². The highest BCUT2D eigenvalue weighted by Gasteiger charge is 2.24. The predicted molar refractivity (Wildman–Crippen MR) is 71.8 cm³/mol. The molecule has 106 valence electrons. The Kier molecular flexibility index (Phi) is 4.58. The first-order chi connectivity index (χ1) is 9.11. The van der Waals surface area contributed by atoms with Crippen molar-refractivity contribution < 1.29 is 13.9 Å². The monoisotopic (exact) mass is 270 g/mol. The zero-order valence-corrected chi connectivity index (χ0v) is 10.8. The molecule has 0 heterocycles. The second kappa shape index (κ2) is 6.19. The Morgan fingerprint density at radius 3 is 2.58 bits per heavy atom. The largest absolute Gasteiger partial charge is 0.396 e. The van der Waals surface area contributed by atoms with Gasteiger partial charge in [0.1, 0.15) is 5.82 Å². The van der Waals surface area contributed by atoms with Crippen LogP contribution in [0.15, 0.2) is 12.1 Å². The lowest BCUT2D eigenvalue weighted by Gasteiger charge is -2.30. The summed E-state index contributed by atoms with van der Waals surface area (Å²) < 4.78 is 26.4. The van der Waals surface area contributed by atoms with E-state index in [1.54, 1.807) is 0 Å². The summed E-state index contributed by atoms with van der Waals surface area (Å²) in [7, 11) is 0. The molecule has 0 aromatic heterocycles. The van der Waals surface area contributed by atoms with E-state index >= 15 is 0 Å². The third-order valence-electron chi connectivity index (χ3n) is 3.95. The van der Waals surface area contributed by atoms with Crippen molar-refractivity contribution in [3.8, 4) is 0 Å². The van der Waals surface area contributed by atoms with Crippen LogP contribution in [0, 0.1) is 23.5 Å². The van der Waals surface area contributed by atoms with Gasteiger partial charge < -0.3 is 16.2 Å². The Labute approximate surface area is 111 Å². The zero-order valence-electron chi connectivity index (χ0n) is 10.8. The van der Waals surface area contributed by atoms with Crippen LogP contribution >= 0.6 is 0 Å². The summed E-state index contributed by atoms with van der Waals surface area (Å²) in [6.07, 6.45) is 4.31. The predicted octanol–water partition coefficient (Wildman–Crippen LogP) is 2.76. The number of nitrogens with two attached hydrogens (primary N) is 1. The first-order valence-corrected chi connectivity index (χ1v) is 6.71. The van der Waals surface area contributed by atoms with E-state index in [0.717, 1.165) is 31.7 Å². The van der Waals surface area contributed by atoms with Crippen LogP contribution in [0.3, 0.4) is 0 Å². The summed E-state index contributed by atoms with van der Waals surface area (Å²) in [5.74, 6) is -0.799. The number of hydrogen-bond donors (Lipinski definition) is 3. The number of rotatable bonds is 4. The highest BCUT2D eigenvalue weighted by Crippen LogP contribution is 2.31. The van der Waals surface area contributed by atoms with E-state index in [0.29, 0.717) is 18.2 Å². The molecule has 1 fully saturated rings. The van der Waals surface area contributed by atoms with Gasteiger partial charge in [-0.1, -0.05) is 12.8 Å². The van der Waals surface area contributed by atoms with Crippen LogP contribution in [-0.2, 0) is 0 Å². The van der Waals surface area contributed by atoms with Gasteiger partial charge in [0.05, 0.1) is 11.4 Å². The zero-order chi connectivity index (χ0) is 13.8. The van der Waals surface area contributed by atoms with Crippen LogP contribution in [0.25, 0.3) is 0 Å². The number of halogens is 2. The van der Waals surface area contributed by atoms with Gasteiger partial charge in [-0.05, 0) is 30.7 Å².